The number of unbranched alkanes of at least 4 members (excludes halogenated alkanes) is 9. The molecule has 0 atom stereocenters. The van der Waals surface area contributed by atoms with Crippen LogP contribution >= 0.6 is 0 Å². The van der Waals surface area contributed by atoms with Gasteiger partial charge in [-0.3, -0.25) is 0 Å². The predicted octanol–water partition coefficient (Wildman–Crippen LogP) is 3.44. The largest absolute Gasteiger partial charge is 0.812 e. The Hall–Kier alpha value is -0.750. The first-order valence-electron chi connectivity index (χ1n) is 7.79. The van der Waals surface area contributed by atoms with Crippen molar-refractivity contribution in [1.82, 2.24) is 0 Å². The summed E-state index contributed by atoms with van der Waals surface area (Å²) in [5.41, 5.74) is 0. The van der Waals surface area contributed by atoms with Gasteiger partial charge < -0.3 is 9.59 Å². The van der Waals surface area contributed by atoms with E-state index in [4.69, 9.17) is 10.4 Å². The molecule has 114 valence electrons. The van der Waals surface area contributed by atoms with E-state index in [2.05, 4.69) is 28.1 Å². The maximum Gasteiger partial charge on any atom is 0.0780 e. The molecular weight excluding hydrogens is 236 g/mol. The Morgan fingerprint density at radius 1 is 0.789 bits per heavy atom. The quantitative estimate of drug-likeness (QED) is 0.328. The molecule has 0 heterocycles. The van der Waals surface area contributed by atoms with Crippen LogP contribution in [-0.4, -0.2) is 32.2 Å². The Labute approximate surface area is 120 Å². The summed E-state index contributed by atoms with van der Waals surface area (Å²) in [6.07, 6.45) is 14.9. The molecular formula is C16H34N2O. The standard InChI is InChI=1S/C15H34N.CHNO/c1-5-6-7-8-9-10-11-12-13-14-15-16(2,3)4;2-1-3/h5-15H2,1-4H3;3H/q+1;/p-1. The smallest absolute Gasteiger partial charge is 0.0780 e. The molecule has 0 N–H and O–H groups in total. The van der Waals surface area contributed by atoms with Gasteiger partial charge in [0.1, 0.15) is 0 Å². The summed E-state index contributed by atoms with van der Waals surface area (Å²) in [5.74, 6) is 0. The first kappa shape index (κ1) is 20.6. The van der Waals surface area contributed by atoms with Crippen molar-refractivity contribution in [2.24, 2.45) is 0 Å². The minimum absolute atomic E-state index is 0.500. The summed E-state index contributed by atoms with van der Waals surface area (Å²) < 4.78 is 1.12. The lowest BCUT2D eigenvalue weighted by Crippen LogP contribution is -2.35. The number of quaternary nitrogens is 1. The molecule has 0 aromatic heterocycles. The topological polar surface area (TPSA) is 46.8 Å². The van der Waals surface area contributed by atoms with Gasteiger partial charge in [-0.25, -0.2) is 5.26 Å². The maximum atomic E-state index is 8.24. The maximum absolute atomic E-state index is 8.24. The average Bonchev–Trinajstić information content (AvgIpc) is 2.31. The highest BCUT2D eigenvalue weighted by atomic mass is 16.2. The van der Waals surface area contributed by atoms with E-state index in [-0.39, 0.29) is 0 Å². The van der Waals surface area contributed by atoms with Crippen LogP contribution < -0.4 is 5.11 Å². The highest BCUT2D eigenvalue weighted by Crippen LogP contribution is 2.10. The molecule has 0 fully saturated rings. The monoisotopic (exact) mass is 270 g/mol. The van der Waals surface area contributed by atoms with E-state index in [1.807, 2.05) is 0 Å². The molecule has 0 aliphatic carbocycles. The molecule has 0 amide bonds. The third-order valence-electron chi connectivity index (χ3n) is 3.18. The lowest BCUT2D eigenvalue weighted by atomic mass is 10.1. The third kappa shape index (κ3) is 26.7. The van der Waals surface area contributed by atoms with E-state index in [9.17, 15) is 0 Å². The fraction of sp³-hybridized carbons (Fsp3) is 0.938. The molecule has 0 aliphatic heterocycles. The average molecular weight is 270 g/mol. The van der Waals surface area contributed by atoms with E-state index < -0.39 is 0 Å². The van der Waals surface area contributed by atoms with Gasteiger partial charge in [-0.05, 0) is 12.8 Å². The summed E-state index contributed by atoms with van der Waals surface area (Å²) >= 11 is 0. The van der Waals surface area contributed by atoms with Gasteiger partial charge in [-0.15, -0.1) is 0 Å². The molecule has 0 saturated heterocycles. The van der Waals surface area contributed by atoms with Crippen molar-refractivity contribution in [3.63, 3.8) is 0 Å². The molecule has 19 heavy (non-hydrogen) atoms. The third-order valence-corrected chi connectivity index (χ3v) is 3.18. The van der Waals surface area contributed by atoms with Crippen LogP contribution in [0.4, 0.5) is 0 Å². The molecule has 0 bridgehead atoms. The molecule has 0 rings (SSSR count). The van der Waals surface area contributed by atoms with Gasteiger partial charge >= 0.3 is 0 Å². The fourth-order valence-electron chi connectivity index (χ4n) is 2.07. The van der Waals surface area contributed by atoms with Gasteiger partial charge in [-0.1, -0.05) is 58.3 Å². The lowest BCUT2D eigenvalue weighted by Gasteiger charge is -2.23. The second-order valence-corrected chi connectivity index (χ2v) is 6.29. The van der Waals surface area contributed by atoms with Crippen LogP contribution in [0.25, 0.3) is 0 Å². The van der Waals surface area contributed by atoms with Gasteiger partial charge in [-0.2, -0.15) is 0 Å². The van der Waals surface area contributed by atoms with E-state index in [1.54, 1.807) is 0 Å². The summed E-state index contributed by atoms with van der Waals surface area (Å²) in [4.78, 5) is 0. The summed E-state index contributed by atoms with van der Waals surface area (Å²) in [7, 11) is 6.86. The zero-order valence-electron chi connectivity index (χ0n) is 13.6. The van der Waals surface area contributed by atoms with Crippen molar-refractivity contribution in [2.75, 3.05) is 27.7 Å². The highest BCUT2D eigenvalue weighted by molar-refractivity contribution is 4.47. The van der Waals surface area contributed by atoms with Crippen LogP contribution in [0.2, 0.25) is 0 Å². The van der Waals surface area contributed by atoms with Crippen molar-refractivity contribution in [2.45, 2.75) is 71.1 Å². The molecule has 0 unspecified atom stereocenters. The molecule has 0 radical (unpaired) electrons. The van der Waals surface area contributed by atoms with Gasteiger partial charge in [0.2, 0.25) is 0 Å². The first-order chi connectivity index (χ1) is 8.97. The zero-order chi connectivity index (χ0) is 15.0. The predicted molar refractivity (Wildman–Crippen MR) is 80.4 cm³/mol. The Bertz CT molecular complexity index is 204. The Morgan fingerprint density at radius 3 is 1.42 bits per heavy atom. The van der Waals surface area contributed by atoms with Gasteiger partial charge in [0.05, 0.1) is 27.7 Å². The first-order valence-corrected chi connectivity index (χ1v) is 7.79. The van der Waals surface area contributed by atoms with Crippen LogP contribution in [0.15, 0.2) is 0 Å². The van der Waals surface area contributed by atoms with Gasteiger partial charge in [0.15, 0.2) is 0 Å². The lowest BCUT2D eigenvalue weighted by molar-refractivity contribution is -0.870. The molecule has 0 aliphatic rings. The normalized spacial score (nSPS) is 10.5. The molecule has 3 heteroatoms. The van der Waals surface area contributed by atoms with Crippen LogP contribution in [0.5, 0.6) is 0 Å². The van der Waals surface area contributed by atoms with E-state index in [1.165, 1.54) is 70.8 Å². The summed E-state index contributed by atoms with van der Waals surface area (Å²) in [5, 5.41) is 15.0. The second-order valence-electron chi connectivity index (χ2n) is 6.29. The second kappa shape index (κ2) is 15.3. The molecule has 0 saturated carbocycles. The van der Waals surface area contributed by atoms with Crippen LogP contribution in [0, 0.1) is 11.5 Å². The minimum atomic E-state index is 0.500. The number of nitriles is 1. The minimum Gasteiger partial charge on any atom is -0.812 e. The summed E-state index contributed by atoms with van der Waals surface area (Å²) in [6, 6.07) is 0. The van der Waals surface area contributed by atoms with Gasteiger partial charge in [0.25, 0.3) is 0 Å². The number of rotatable bonds is 11. The zero-order valence-corrected chi connectivity index (χ0v) is 13.6. The number of nitrogens with zero attached hydrogens (tertiary/aromatic N) is 2. The van der Waals surface area contributed by atoms with Crippen molar-refractivity contribution in [3.8, 4) is 6.26 Å². The van der Waals surface area contributed by atoms with E-state index >= 15 is 0 Å². The SMILES string of the molecule is CCCCCCCCCCCC[N+](C)(C)C.N#C[O-]. The van der Waals surface area contributed by atoms with Crippen LogP contribution in [-0.2, 0) is 0 Å². The van der Waals surface area contributed by atoms with Crippen molar-refractivity contribution >= 4 is 0 Å². The number of hydrogen-bond acceptors (Lipinski definition) is 2. The fourth-order valence-corrected chi connectivity index (χ4v) is 2.07. The number of hydrogen-bond donors (Lipinski definition) is 0. The highest BCUT2D eigenvalue weighted by Gasteiger charge is 2.04. The van der Waals surface area contributed by atoms with Crippen molar-refractivity contribution in [1.29, 1.82) is 5.26 Å². The Kier molecular flexibility index (Phi) is 16.6. The van der Waals surface area contributed by atoms with Crippen molar-refractivity contribution in [3.05, 3.63) is 0 Å². The van der Waals surface area contributed by atoms with E-state index in [0.29, 0.717) is 6.26 Å². The Balaban J connectivity index is 0. The van der Waals surface area contributed by atoms with Crippen LogP contribution in [0.1, 0.15) is 71.1 Å². The van der Waals surface area contributed by atoms with Gasteiger partial charge in [0, 0.05) is 6.26 Å². The summed E-state index contributed by atoms with van der Waals surface area (Å²) in [6.45, 7) is 3.62. The van der Waals surface area contributed by atoms with Crippen LogP contribution in [0.3, 0.4) is 0 Å². The molecule has 0 aromatic rings. The molecule has 0 spiro atoms. The molecule has 0 aromatic carbocycles. The Morgan fingerprint density at radius 2 is 1.11 bits per heavy atom. The van der Waals surface area contributed by atoms with E-state index in [0.717, 1.165) is 4.48 Å². The van der Waals surface area contributed by atoms with Crippen molar-refractivity contribution < 1.29 is 9.59 Å². The molecule has 3 nitrogen and oxygen atoms in total.